The maximum absolute atomic E-state index is 13.0. The van der Waals surface area contributed by atoms with E-state index < -0.39 is 48.8 Å². The Morgan fingerprint density at radius 2 is 1.94 bits per heavy atom. The highest BCUT2D eigenvalue weighted by Gasteiger charge is 2.53. The number of methoxy groups -OCH3 is 1. The molecule has 0 spiro atoms. The Labute approximate surface area is 179 Å². The van der Waals surface area contributed by atoms with Gasteiger partial charge in [-0.25, -0.2) is 4.79 Å². The first-order valence-corrected chi connectivity index (χ1v) is 10.5. The summed E-state index contributed by atoms with van der Waals surface area (Å²) >= 11 is 0. The van der Waals surface area contributed by atoms with E-state index in [4.69, 9.17) is 14.2 Å². The molecule has 3 aliphatic heterocycles. The molecule has 31 heavy (non-hydrogen) atoms. The van der Waals surface area contributed by atoms with E-state index in [0.717, 1.165) is 25.9 Å². The lowest BCUT2D eigenvalue weighted by atomic mass is 9.84. The summed E-state index contributed by atoms with van der Waals surface area (Å²) in [5.41, 5.74) is 0.211. The summed E-state index contributed by atoms with van der Waals surface area (Å²) in [5, 5.41) is 51.9. The lowest BCUT2D eigenvalue weighted by molar-refractivity contribution is -0.235. The zero-order chi connectivity index (χ0) is 22.4. The third-order valence-electron chi connectivity index (χ3n) is 6.47. The minimum absolute atomic E-state index is 0.0142. The number of phenolic OH excluding ortho intramolecular Hbond substituents is 2. The number of rotatable bonds is 4. The molecule has 0 radical (unpaired) electrons. The highest BCUT2D eigenvalue weighted by Crippen LogP contribution is 2.52. The summed E-state index contributed by atoms with van der Waals surface area (Å²) in [6.07, 6.45) is -4.51. The van der Waals surface area contributed by atoms with E-state index >= 15 is 0 Å². The number of carbonyl (C=O) groups excluding carboxylic acids is 1. The first-order valence-electron chi connectivity index (χ1n) is 10.5. The average molecular weight is 439 g/mol. The van der Waals surface area contributed by atoms with Crippen molar-refractivity contribution in [2.45, 2.75) is 56.8 Å². The Bertz CT molecular complexity index is 860. The predicted octanol–water partition coefficient (Wildman–Crippen LogP) is 0.0313. The van der Waals surface area contributed by atoms with E-state index in [1.165, 1.54) is 7.11 Å². The number of phenols is 2. The molecule has 0 aliphatic carbocycles. The topological polar surface area (TPSA) is 149 Å². The van der Waals surface area contributed by atoms with Crippen LogP contribution in [-0.4, -0.2) is 87.6 Å². The maximum Gasteiger partial charge on any atom is 0.339 e. The number of piperidine rings is 1. The van der Waals surface area contributed by atoms with E-state index in [2.05, 4.69) is 11.8 Å². The van der Waals surface area contributed by atoms with Gasteiger partial charge in [0.2, 0.25) is 5.75 Å². The second-order valence-corrected chi connectivity index (χ2v) is 8.61. The fourth-order valence-corrected chi connectivity index (χ4v) is 4.92. The fourth-order valence-electron chi connectivity index (χ4n) is 4.92. The number of fused-ring (bicyclic) bond motifs is 3. The van der Waals surface area contributed by atoms with Crippen LogP contribution in [0, 0.1) is 5.92 Å². The summed E-state index contributed by atoms with van der Waals surface area (Å²) in [6.45, 7) is 3.36. The quantitative estimate of drug-likeness (QED) is 0.407. The Kier molecular flexibility index (Phi) is 6.01. The number of hydrogen-bond acceptors (Lipinski definition) is 10. The highest BCUT2D eigenvalue weighted by atomic mass is 16.6. The van der Waals surface area contributed by atoms with Crippen LogP contribution in [-0.2, 0) is 16.0 Å². The van der Waals surface area contributed by atoms with Gasteiger partial charge in [0.25, 0.3) is 0 Å². The van der Waals surface area contributed by atoms with Crippen molar-refractivity contribution < 1.29 is 44.5 Å². The molecule has 1 aromatic rings. The van der Waals surface area contributed by atoms with Crippen molar-refractivity contribution in [1.82, 2.24) is 4.90 Å². The van der Waals surface area contributed by atoms with Crippen molar-refractivity contribution in [2.75, 3.05) is 26.8 Å². The first-order chi connectivity index (χ1) is 14.8. The van der Waals surface area contributed by atoms with Crippen LogP contribution in [0.3, 0.4) is 0 Å². The van der Waals surface area contributed by atoms with Gasteiger partial charge in [-0.3, -0.25) is 4.90 Å². The molecule has 2 saturated heterocycles. The van der Waals surface area contributed by atoms with Crippen LogP contribution in [0.4, 0.5) is 0 Å². The lowest BCUT2D eigenvalue weighted by Crippen LogP contribution is -2.58. The second kappa shape index (κ2) is 8.44. The van der Waals surface area contributed by atoms with E-state index in [9.17, 15) is 30.3 Å². The zero-order valence-corrected chi connectivity index (χ0v) is 17.5. The monoisotopic (exact) mass is 439 g/mol. The molecule has 4 rings (SSSR count). The normalized spacial score (nSPS) is 33.4. The van der Waals surface area contributed by atoms with Gasteiger partial charge in [0, 0.05) is 24.2 Å². The molecule has 1 aromatic carbocycles. The summed E-state index contributed by atoms with van der Waals surface area (Å²) in [5.74, 6) is -1.45. The fraction of sp³-hybridized carbons (Fsp3) is 0.667. The van der Waals surface area contributed by atoms with Crippen LogP contribution >= 0.6 is 0 Å². The Balaban J connectivity index is 1.84. The number of likely N-dealkylation sites (tertiary alicyclic amines) is 1. The van der Waals surface area contributed by atoms with Gasteiger partial charge < -0.3 is 39.7 Å². The molecule has 0 bridgehead atoms. The lowest BCUT2D eigenvalue weighted by Gasteiger charge is -2.45. The molecule has 5 N–H and O–H groups in total. The number of ether oxygens (including phenoxy) is 3. The standard InChI is InChI=1S/C21H29NO9/c1-9-4-3-5-22(6-9)7-10-12-13(16(26)19(29-2)14(10)24)18-20(31-21(12)28)17(27)15(25)11(8-23)30-18/h9,11,15,17-18,20,23-27H,3-8H2,1-2H3/t9-,11-,15-,17+,18-,20-/m1/s1. The van der Waals surface area contributed by atoms with Crippen molar-refractivity contribution in [3.63, 3.8) is 0 Å². The maximum atomic E-state index is 13.0. The van der Waals surface area contributed by atoms with Crippen LogP contribution in [0.15, 0.2) is 0 Å². The van der Waals surface area contributed by atoms with Crippen LogP contribution in [0.5, 0.6) is 17.2 Å². The van der Waals surface area contributed by atoms with Crippen LogP contribution in [0.1, 0.15) is 47.4 Å². The van der Waals surface area contributed by atoms with Gasteiger partial charge in [0.15, 0.2) is 17.6 Å². The molecule has 0 unspecified atom stereocenters. The summed E-state index contributed by atoms with van der Waals surface area (Å²) < 4.78 is 16.3. The SMILES string of the molecule is COc1c(O)c(CN2CCC[C@@H](C)C2)c2c(c1O)[C@H]1O[C@H](CO)[C@@H](O)[C@H](O)[C@H]1OC2=O. The predicted molar refractivity (Wildman–Crippen MR) is 106 cm³/mol. The smallest absolute Gasteiger partial charge is 0.339 e. The highest BCUT2D eigenvalue weighted by molar-refractivity contribution is 5.97. The van der Waals surface area contributed by atoms with E-state index in [1.807, 2.05) is 0 Å². The molecule has 3 heterocycles. The van der Waals surface area contributed by atoms with Gasteiger partial charge in [0.05, 0.1) is 19.3 Å². The van der Waals surface area contributed by atoms with Gasteiger partial charge in [-0.2, -0.15) is 0 Å². The minimum Gasteiger partial charge on any atom is -0.504 e. The van der Waals surface area contributed by atoms with Gasteiger partial charge in [-0.05, 0) is 25.3 Å². The van der Waals surface area contributed by atoms with Gasteiger partial charge in [0.1, 0.15) is 24.4 Å². The summed E-state index contributed by atoms with van der Waals surface area (Å²) in [7, 11) is 1.28. The van der Waals surface area contributed by atoms with E-state index in [1.54, 1.807) is 0 Å². The largest absolute Gasteiger partial charge is 0.504 e. The molecule has 3 aliphatic rings. The number of carbonyl (C=O) groups is 1. The third-order valence-corrected chi connectivity index (χ3v) is 6.47. The number of aliphatic hydroxyl groups is 3. The van der Waals surface area contributed by atoms with Gasteiger partial charge in [-0.1, -0.05) is 6.92 Å². The molecule has 6 atom stereocenters. The number of benzene rings is 1. The van der Waals surface area contributed by atoms with Crippen molar-refractivity contribution in [2.24, 2.45) is 5.92 Å². The molecule has 2 fully saturated rings. The molecule has 172 valence electrons. The van der Waals surface area contributed by atoms with Crippen LogP contribution in [0.25, 0.3) is 0 Å². The Hall–Kier alpha value is -2.11. The molecule has 0 saturated carbocycles. The number of hydrogen-bond donors (Lipinski definition) is 5. The summed E-state index contributed by atoms with van der Waals surface area (Å²) in [6, 6.07) is 0. The van der Waals surface area contributed by atoms with Crippen molar-refractivity contribution in [3.05, 3.63) is 16.7 Å². The first kappa shape index (κ1) is 22.1. The molecule has 0 amide bonds. The van der Waals surface area contributed by atoms with Crippen molar-refractivity contribution in [1.29, 1.82) is 0 Å². The van der Waals surface area contributed by atoms with Gasteiger partial charge in [-0.15, -0.1) is 0 Å². The number of esters is 1. The zero-order valence-electron chi connectivity index (χ0n) is 17.5. The number of aromatic hydroxyl groups is 2. The van der Waals surface area contributed by atoms with E-state index in [-0.39, 0.29) is 34.7 Å². The molecule has 10 nitrogen and oxygen atoms in total. The molecule has 0 aromatic heterocycles. The summed E-state index contributed by atoms with van der Waals surface area (Å²) in [4.78, 5) is 15.1. The Morgan fingerprint density at radius 1 is 1.19 bits per heavy atom. The number of nitrogens with zero attached hydrogens (tertiary/aromatic N) is 1. The van der Waals surface area contributed by atoms with Crippen LogP contribution < -0.4 is 4.74 Å². The molecule has 10 heteroatoms. The van der Waals surface area contributed by atoms with Crippen LogP contribution in [0.2, 0.25) is 0 Å². The second-order valence-electron chi connectivity index (χ2n) is 8.61. The Morgan fingerprint density at radius 3 is 2.58 bits per heavy atom. The minimum atomic E-state index is -1.53. The van der Waals surface area contributed by atoms with E-state index in [0.29, 0.717) is 5.92 Å². The van der Waals surface area contributed by atoms with Crippen molar-refractivity contribution >= 4 is 5.97 Å². The van der Waals surface area contributed by atoms with Crippen molar-refractivity contribution in [3.8, 4) is 17.2 Å². The number of aliphatic hydroxyl groups excluding tert-OH is 3. The molecular weight excluding hydrogens is 410 g/mol. The average Bonchev–Trinajstić information content (AvgIpc) is 2.74. The molecular formula is C21H29NO9. The third kappa shape index (κ3) is 3.62. The van der Waals surface area contributed by atoms with Gasteiger partial charge >= 0.3 is 5.97 Å².